The zero-order valence-corrected chi connectivity index (χ0v) is 9.98. The van der Waals surface area contributed by atoms with Gasteiger partial charge in [-0.2, -0.15) is 0 Å². The molecule has 1 saturated carbocycles. The van der Waals surface area contributed by atoms with Crippen LogP contribution in [0.3, 0.4) is 0 Å². The second-order valence-corrected chi connectivity index (χ2v) is 4.89. The molecule has 0 aromatic carbocycles. The Morgan fingerprint density at radius 2 is 2.21 bits per heavy atom. The first-order valence-electron chi connectivity index (χ1n) is 5.75. The van der Waals surface area contributed by atoms with E-state index in [1.54, 1.807) is 0 Å². The van der Waals surface area contributed by atoms with Crippen LogP contribution in [0.15, 0.2) is 0 Å². The van der Waals surface area contributed by atoms with Crippen molar-refractivity contribution >= 4 is 12.4 Å². The summed E-state index contributed by atoms with van der Waals surface area (Å²) < 4.78 is 0. The SMILES string of the molecule is CCCN1CCC2(CCCC2N)C1.Cl. The Balaban J connectivity index is 0.000000980. The Labute approximate surface area is 93.6 Å². The molecule has 84 valence electrons. The Kier molecular flexibility index (Phi) is 4.23. The van der Waals surface area contributed by atoms with Crippen LogP contribution in [0.4, 0.5) is 0 Å². The van der Waals surface area contributed by atoms with Gasteiger partial charge in [0.15, 0.2) is 0 Å². The number of likely N-dealkylation sites (tertiary alicyclic amines) is 1. The summed E-state index contributed by atoms with van der Waals surface area (Å²) in [4.78, 5) is 2.60. The quantitative estimate of drug-likeness (QED) is 0.769. The minimum atomic E-state index is 0. The maximum Gasteiger partial charge on any atom is 0.0108 e. The largest absolute Gasteiger partial charge is 0.327 e. The van der Waals surface area contributed by atoms with E-state index in [2.05, 4.69) is 11.8 Å². The van der Waals surface area contributed by atoms with Crippen LogP contribution in [0, 0.1) is 5.41 Å². The van der Waals surface area contributed by atoms with E-state index in [0.29, 0.717) is 11.5 Å². The highest BCUT2D eigenvalue weighted by Gasteiger charge is 2.45. The molecule has 1 spiro atoms. The van der Waals surface area contributed by atoms with E-state index < -0.39 is 0 Å². The van der Waals surface area contributed by atoms with E-state index in [0.717, 1.165) is 0 Å². The van der Waals surface area contributed by atoms with Crippen molar-refractivity contribution in [3.8, 4) is 0 Å². The summed E-state index contributed by atoms with van der Waals surface area (Å²) in [6, 6.07) is 0.495. The topological polar surface area (TPSA) is 29.3 Å². The van der Waals surface area contributed by atoms with Gasteiger partial charge in [-0.3, -0.25) is 0 Å². The highest BCUT2D eigenvalue weighted by atomic mass is 35.5. The smallest absolute Gasteiger partial charge is 0.0108 e. The summed E-state index contributed by atoms with van der Waals surface area (Å²) in [6.45, 7) is 6.11. The number of halogens is 1. The highest BCUT2D eigenvalue weighted by Crippen LogP contribution is 2.44. The first-order valence-corrected chi connectivity index (χ1v) is 5.75. The Hall–Kier alpha value is 0.210. The third kappa shape index (κ3) is 2.07. The van der Waals surface area contributed by atoms with Crippen molar-refractivity contribution in [2.45, 2.75) is 45.1 Å². The summed E-state index contributed by atoms with van der Waals surface area (Å²) in [5.41, 5.74) is 6.73. The molecule has 2 atom stereocenters. The number of nitrogens with zero attached hydrogens (tertiary/aromatic N) is 1. The Bertz CT molecular complexity index is 186. The van der Waals surface area contributed by atoms with Gasteiger partial charge in [-0.25, -0.2) is 0 Å². The van der Waals surface area contributed by atoms with Crippen LogP contribution in [0.1, 0.15) is 39.0 Å². The fourth-order valence-corrected chi connectivity index (χ4v) is 3.16. The average Bonchev–Trinajstić information content (AvgIpc) is 2.64. The van der Waals surface area contributed by atoms with Crippen LogP contribution in [0.25, 0.3) is 0 Å². The van der Waals surface area contributed by atoms with Crippen molar-refractivity contribution in [1.29, 1.82) is 0 Å². The van der Waals surface area contributed by atoms with Crippen molar-refractivity contribution < 1.29 is 0 Å². The Morgan fingerprint density at radius 1 is 1.43 bits per heavy atom. The zero-order valence-electron chi connectivity index (χ0n) is 9.17. The van der Waals surface area contributed by atoms with Crippen LogP contribution >= 0.6 is 12.4 Å². The van der Waals surface area contributed by atoms with E-state index in [1.165, 1.54) is 51.7 Å². The molecule has 3 heteroatoms. The molecule has 2 unspecified atom stereocenters. The van der Waals surface area contributed by atoms with Gasteiger partial charge in [-0.05, 0) is 44.2 Å². The molecule has 0 amide bonds. The lowest BCUT2D eigenvalue weighted by Gasteiger charge is -2.28. The standard InChI is InChI=1S/C11H22N2.ClH/c1-2-7-13-8-6-11(9-13)5-3-4-10(11)12;/h10H,2-9,12H2,1H3;1H. The van der Waals surface area contributed by atoms with Gasteiger partial charge in [0.1, 0.15) is 0 Å². The van der Waals surface area contributed by atoms with Gasteiger partial charge in [0.2, 0.25) is 0 Å². The number of nitrogens with two attached hydrogens (primary N) is 1. The summed E-state index contributed by atoms with van der Waals surface area (Å²) in [7, 11) is 0. The first kappa shape index (κ1) is 12.3. The molecule has 0 bridgehead atoms. The molecule has 1 heterocycles. The molecule has 1 aliphatic heterocycles. The van der Waals surface area contributed by atoms with Crippen LogP contribution in [0.5, 0.6) is 0 Å². The second-order valence-electron chi connectivity index (χ2n) is 4.89. The van der Waals surface area contributed by atoms with E-state index >= 15 is 0 Å². The number of hydrogen-bond donors (Lipinski definition) is 1. The maximum absolute atomic E-state index is 6.21. The van der Waals surface area contributed by atoms with Gasteiger partial charge in [0.25, 0.3) is 0 Å². The van der Waals surface area contributed by atoms with Crippen LogP contribution < -0.4 is 5.73 Å². The molecule has 1 saturated heterocycles. The summed E-state index contributed by atoms with van der Waals surface area (Å²) in [5, 5.41) is 0. The lowest BCUT2D eigenvalue weighted by Crippen LogP contribution is -2.39. The molecule has 2 nitrogen and oxygen atoms in total. The van der Waals surface area contributed by atoms with E-state index in [1.807, 2.05) is 0 Å². The minimum Gasteiger partial charge on any atom is -0.327 e. The Morgan fingerprint density at radius 3 is 2.79 bits per heavy atom. The van der Waals surface area contributed by atoms with E-state index in [-0.39, 0.29) is 12.4 Å². The van der Waals surface area contributed by atoms with Crippen LogP contribution in [0.2, 0.25) is 0 Å². The maximum atomic E-state index is 6.21. The van der Waals surface area contributed by atoms with E-state index in [9.17, 15) is 0 Å². The molecule has 2 aliphatic rings. The molecule has 2 fully saturated rings. The number of hydrogen-bond acceptors (Lipinski definition) is 2. The van der Waals surface area contributed by atoms with Crippen LogP contribution in [-0.4, -0.2) is 30.6 Å². The van der Waals surface area contributed by atoms with E-state index in [4.69, 9.17) is 5.73 Å². The van der Waals surface area contributed by atoms with Crippen molar-refractivity contribution in [3.63, 3.8) is 0 Å². The van der Waals surface area contributed by atoms with Crippen molar-refractivity contribution in [1.82, 2.24) is 4.90 Å². The normalized spacial score (nSPS) is 37.7. The van der Waals surface area contributed by atoms with Gasteiger partial charge in [-0.15, -0.1) is 12.4 Å². The lowest BCUT2D eigenvalue weighted by molar-refractivity contribution is 0.239. The monoisotopic (exact) mass is 218 g/mol. The number of rotatable bonds is 2. The average molecular weight is 219 g/mol. The zero-order chi connectivity index (χ0) is 9.31. The van der Waals surface area contributed by atoms with Gasteiger partial charge < -0.3 is 10.6 Å². The predicted molar refractivity (Wildman–Crippen MR) is 62.9 cm³/mol. The molecule has 2 N–H and O–H groups in total. The van der Waals surface area contributed by atoms with Gasteiger partial charge >= 0.3 is 0 Å². The third-order valence-corrected chi connectivity index (χ3v) is 3.98. The molecule has 2 rings (SSSR count). The van der Waals surface area contributed by atoms with Crippen molar-refractivity contribution in [3.05, 3.63) is 0 Å². The fourth-order valence-electron chi connectivity index (χ4n) is 3.16. The second kappa shape index (κ2) is 4.82. The van der Waals surface area contributed by atoms with Gasteiger partial charge in [-0.1, -0.05) is 13.3 Å². The fraction of sp³-hybridized carbons (Fsp3) is 1.00. The molecule has 0 aromatic heterocycles. The van der Waals surface area contributed by atoms with Gasteiger partial charge in [0.05, 0.1) is 0 Å². The molecule has 0 radical (unpaired) electrons. The summed E-state index contributed by atoms with van der Waals surface area (Å²) in [6.07, 6.45) is 6.65. The molecular formula is C11H23ClN2. The minimum absolute atomic E-state index is 0. The summed E-state index contributed by atoms with van der Waals surface area (Å²) in [5.74, 6) is 0. The van der Waals surface area contributed by atoms with Crippen molar-refractivity contribution in [2.75, 3.05) is 19.6 Å². The first-order chi connectivity index (χ1) is 6.27. The molecule has 14 heavy (non-hydrogen) atoms. The lowest BCUT2D eigenvalue weighted by atomic mass is 9.82. The third-order valence-electron chi connectivity index (χ3n) is 3.98. The molecule has 0 aromatic rings. The van der Waals surface area contributed by atoms with Gasteiger partial charge in [0, 0.05) is 12.6 Å². The van der Waals surface area contributed by atoms with Crippen LogP contribution in [-0.2, 0) is 0 Å². The predicted octanol–water partition coefficient (Wildman–Crippen LogP) is 2.02. The highest BCUT2D eigenvalue weighted by molar-refractivity contribution is 5.85. The summed E-state index contributed by atoms with van der Waals surface area (Å²) >= 11 is 0. The molecule has 1 aliphatic carbocycles. The van der Waals surface area contributed by atoms with Crippen molar-refractivity contribution in [2.24, 2.45) is 11.1 Å². The molecular weight excluding hydrogens is 196 g/mol.